The first-order chi connectivity index (χ1) is 14.9. The first-order valence-electron chi connectivity index (χ1n) is 9.22. The van der Waals surface area contributed by atoms with Gasteiger partial charge in [-0.15, -0.1) is 0 Å². The van der Waals surface area contributed by atoms with Crippen molar-refractivity contribution >= 4 is 17.8 Å². The van der Waals surface area contributed by atoms with Gasteiger partial charge in [0.25, 0.3) is 11.8 Å². The Morgan fingerprint density at radius 1 is 0.839 bits per heavy atom. The third-order valence-electron chi connectivity index (χ3n) is 3.98. The molecule has 0 aliphatic rings. The van der Waals surface area contributed by atoms with Crippen molar-refractivity contribution in [3.63, 3.8) is 0 Å². The zero-order valence-electron chi connectivity index (χ0n) is 17.6. The van der Waals surface area contributed by atoms with Crippen molar-refractivity contribution in [1.29, 1.82) is 0 Å². The second kappa shape index (κ2) is 11.3. The molecule has 0 saturated carbocycles. The minimum atomic E-state index is -0.591. The van der Waals surface area contributed by atoms with Crippen molar-refractivity contribution in [1.82, 2.24) is 10.9 Å². The van der Waals surface area contributed by atoms with Crippen molar-refractivity contribution in [3.8, 4) is 23.0 Å². The number of hydrogen-bond acceptors (Lipinski definition) is 8. The number of nitrogens with one attached hydrogen (secondary N) is 2. The number of benzene rings is 2. The molecular weight excluding hydrogens is 408 g/mol. The smallest absolute Gasteiger partial charge is 0.338 e. The Balaban J connectivity index is 1.90. The molecule has 0 aliphatic carbocycles. The Morgan fingerprint density at radius 3 is 1.97 bits per heavy atom. The van der Waals surface area contributed by atoms with Gasteiger partial charge >= 0.3 is 5.97 Å². The quantitative estimate of drug-likeness (QED) is 0.454. The van der Waals surface area contributed by atoms with Gasteiger partial charge in [-0.3, -0.25) is 20.4 Å². The summed E-state index contributed by atoms with van der Waals surface area (Å²) in [6.45, 7) is 1.64. The topological polar surface area (TPSA) is 121 Å². The van der Waals surface area contributed by atoms with E-state index in [4.69, 9.17) is 23.7 Å². The van der Waals surface area contributed by atoms with E-state index in [1.807, 2.05) is 0 Å². The van der Waals surface area contributed by atoms with Gasteiger partial charge in [-0.1, -0.05) is 0 Å². The summed E-state index contributed by atoms with van der Waals surface area (Å²) in [7, 11) is 4.31. The number of esters is 1. The molecule has 166 valence electrons. The van der Waals surface area contributed by atoms with Crippen molar-refractivity contribution < 1.29 is 38.1 Å². The van der Waals surface area contributed by atoms with Crippen LogP contribution >= 0.6 is 0 Å². The van der Waals surface area contributed by atoms with Crippen LogP contribution in [0.25, 0.3) is 0 Å². The summed E-state index contributed by atoms with van der Waals surface area (Å²) >= 11 is 0. The van der Waals surface area contributed by atoms with Gasteiger partial charge in [-0.25, -0.2) is 4.79 Å². The number of carbonyl (C=O) groups excluding carboxylic acids is 3. The van der Waals surface area contributed by atoms with Crippen LogP contribution in [-0.2, 0) is 9.53 Å². The van der Waals surface area contributed by atoms with Crippen LogP contribution in [0.15, 0.2) is 36.4 Å². The zero-order chi connectivity index (χ0) is 22.8. The maximum Gasteiger partial charge on any atom is 0.338 e. The van der Waals surface area contributed by atoms with Crippen LogP contribution < -0.4 is 29.8 Å². The Labute approximate surface area is 179 Å². The fourth-order valence-electron chi connectivity index (χ4n) is 2.50. The molecule has 2 aromatic rings. The van der Waals surface area contributed by atoms with Crippen LogP contribution in [0.4, 0.5) is 0 Å². The van der Waals surface area contributed by atoms with Gasteiger partial charge in [0.05, 0.1) is 33.5 Å². The summed E-state index contributed by atoms with van der Waals surface area (Å²) < 4.78 is 25.8. The van der Waals surface area contributed by atoms with Crippen molar-refractivity contribution in [3.05, 3.63) is 47.5 Å². The highest BCUT2D eigenvalue weighted by Gasteiger charge is 2.17. The Kier molecular flexibility index (Phi) is 8.50. The molecule has 0 unspecified atom stereocenters. The maximum absolute atomic E-state index is 12.4. The van der Waals surface area contributed by atoms with Gasteiger partial charge in [0.1, 0.15) is 5.75 Å². The lowest BCUT2D eigenvalue weighted by Crippen LogP contribution is -2.43. The normalized spacial score (nSPS) is 9.94. The Bertz CT molecular complexity index is 902. The van der Waals surface area contributed by atoms with Crippen LogP contribution in [-0.4, -0.2) is 52.3 Å². The summed E-state index contributed by atoms with van der Waals surface area (Å²) in [5.41, 5.74) is 5.09. The number of rotatable bonds is 9. The molecule has 2 aromatic carbocycles. The molecule has 2 rings (SSSR count). The van der Waals surface area contributed by atoms with Gasteiger partial charge in [0, 0.05) is 5.56 Å². The lowest BCUT2D eigenvalue weighted by atomic mass is 10.1. The largest absolute Gasteiger partial charge is 0.493 e. The van der Waals surface area contributed by atoms with Crippen LogP contribution in [0.3, 0.4) is 0 Å². The molecule has 2 N–H and O–H groups in total. The van der Waals surface area contributed by atoms with Crippen LogP contribution in [0.5, 0.6) is 23.0 Å². The lowest BCUT2D eigenvalue weighted by Gasteiger charge is -2.14. The molecule has 31 heavy (non-hydrogen) atoms. The maximum atomic E-state index is 12.4. The molecule has 0 spiro atoms. The van der Waals surface area contributed by atoms with E-state index in [1.165, 1.54) is 57.7 Å². The van der Waals surface area contributed by atoms with E-state index in [1.54, 1.807) is 6.92 Å². The molecule has 0 radical (unpaired) electrons. The van der Waals surface area contributed by atoms with Gasteiger partial charge in [-0.2, -0.15) is 0 Å². The predicted octanol–water partition coefficient (Wildman–Crippen LogP) is 1.73. The minimum Gasteiger partial charge on any atom is -0.493 e. The average Bonchev–Trinajstić information content (AvgIpc) is 2.80. The SMILES string of the molecule is CCOC(=O)c1ccc(OCC(=O)NNC(=O)c2cc(OC)c(OC)c(OC)c2)cc1. The number of methoxy groups -OCH3 is 3. The molecule has 0 bridgehead atoms. The zero-order valence-corrected chi connectivity index (χ0v) is 17.6. The molecular formula is C21H24N2O8. The molecule has 0 atom stereocenters. The fraction of sp³-hybridized carbons (Fsp3) is 0.286. The Hall–Kier alpha value is -3.95. The van der Waals surface area contributed by atoms with E-state index in [2.05, 4.69) is 10.9 Å². The summed E-state index contributed by atoms with van der Waals surface area (Å²) in [6, 6.07) is 9.02. The summed E-state index contributed by atoms with van der Waals surface area (Å²) in [5, 5.41) is 0. The molecule has 0 heterocycles. The summed E-state index contributed by atoms with van der Waals surface area (Å²) in [4.78, 5) is 35.9. The standard InChI is InChI=1S/C21H24N2O8/c1-5-30-21(26)13-6-8-15(9-7-13)31-12-18(24)22-23-20(25)14-10-16(27-2)19(29-4)17(11-14)28-3/h6-11H,5,12H2,1-4H3,(H,22,24)(H,23,25). The summed E-state index contributed by atoms with van der Waals surface area (Å²) in [6.07, 6.45) is 0. The third kappa shape index (κ3) is 6.26. The molecule has 0 aromatic heterocycles. The van der Waals surface area contributed by atoms with Crippen LogP contribution in [0.1, 0.15) is 27.6 Å². The first kappa shape index (κ1) is 23.3. The second-order valence-electron chi connectivity index (χ2n) is 5.95. The number of amides is 2. The lowest BCUT2D eigenvalue weighted by molar-refractivity contribution is -0.123. The van der Waals surface area contributed by atoms with E-state index in [9.17, 15) is 14.4 Å². The molecule has 10 nitrogen and oxygen atoms in total. The fourth-order valence-corrected chi connectivity index (χ4v) is 2.50. The second-order valence-corrected chi connectivity index (χ2v) is 5.95. The molecule has 2 amide bonds. The van der Waals surface area contributed by atoms with E-state index in [-0.39, 0.29) is 18.8 Å². The first-order valence-corrected chi connectivity index (χ1v) is 9.22. The van der Waals surface area contributed by atoms with Gasteiger partial charge in [0.2, 0.25) is 5.75 Å². The van der Waals surface area contributed by atoms with Gasteiger partial charge in [0.15, 0.2) is 18.1 Å². The van der Waals surface area contributed by atoms with Crippen LogP contribution in [0.2, 0.25) is 0 Å². The minimum absolute atomic E-state index is 0.185. The molecule has 0 saturated heterocycles. The molecule has 0 fully saturated rings. The number of carbonyl (C=O) groups is 3. The van der Waals surface area contributed by atoms with Crippen molar-refractivity contribution in [2.45, 2.75) is 6.92 Å². The highest BCUT2D eigenvalue weighted by Crippen LogP contribution is 2.38. The van der Waals surface area contributed by atoms with E-state index in [0.29, 0.717) is 28.6 Å². The predicted molar refractivity (Wildman–Crippen MR) is 110 cm³/mol. The van der Waals surface area contributed by atoms with Gasteiger partial charge < -0.3 is 23.7 Å². The van der Waals surface area contributed by atoms with Crippen molar-refractivity contribution in [2.75, 3.05) is 34.5 Å². The molecule has 0 aliphatic heterocycles. The number of ether oxygens (including phenoxy) is 5. The van der Waals surface area contributed by atoms with E-state index in [0.717, 1.165) is 0 Å². The Morgan fingerprint density at radius 2 is 1.45 bits per heavy atom. The number of hydrazine groups is 1. The van der Waals surface area contributed by atoms with E-state index < -0.39 is 17.8 Å². The summed E-state index contributed by atoms with van der Waals surface area (Å²) in [5.74, 6) is -0.309. The van der Waals surface area contributed by atoms with Crippen molar-refractivity contribution in [2.24, 2.45) is 0 Å². The average molecular weight is 432 g/mol. The highest BCUT2D eigenvalue weighted by atomic mass is 16.5. The molecule has 10 heteroatoms. The third-order valence-corrected chi connectivity index (χ3v) is 3.98. The number of hydrogen-bond donors (Lipinski definition) is 2. The van der Waals surface area contributed by atoms with Gasteiger partial charge in [-0.05, 0) is 43.3 Å². The van der Waals surface area contributed by atoms with Crippen LogP contribution in [0, 0.1) is 0 Å². The highest BCUT2D eigenvalue weighted by molar-refractivity contribution is 5.96. The van der Waals surface area contributed by atoms with E-state index >= 15 is 0 Å². The monoisotopic (exact) mass is 432 g/mol.